The SMILES string of the molecule is Cc1ccc(S(=O)(=O)Cl)cc1.O=S(=O)(NCCC1CCCCC1)c1ccc(Br)cc1. The first kappa shape index (κ1) is 25.3. The molecule has 1 aliphatic rings. The molecule has 0 bridgehead atoms. The zero-order valence-electron chi connectivity index (χ0n) is 16.9. The summed E-state index contributed by atoms with van der Waals surface area (Å²) in [6.07, 6.45) is 7.38. The van der Waals surface area contributed by atoms with Crippen molar-refractivity contribution in [2.24, 2.45) is 5.92 Å². The maximum absolute atomic E-state index is 12.1. The Kier molecular flexibility index (Phi) is 9.81. The molecule has 0 amide bonds. The quantitative estimate of drug-likeness (QED) is 0.486. The molecule has 0 spiro atoms. The molecule has 9 heteroatoms. The fourth-order valence-electron chi connectivity index (χ4n) is 3.27. The maximum atomic E-state index is 12.1. The van der Waals surface area contributed by atoms with Gasteiger partial charge in [-0.1, -0.05) is 65.7 Å². The van der Waals surface area contributed by atoms with Crippen LogP contribution in [0.1, 0.15) is 44.1 Å². The van der Waals surface area contributed by atoms with Crippen molar-refractivity contribution in [3.8, 4) is 0 Å². The fraction of sp³-hybridized carbons (Fsp3) is 0.429. The van der Waals surface area contributed by atoms with Gasteiger partial charge in [-0.15, -0.1) is 0 Å². The lowest BCUT2D eigenvalue weighted by Gasteiger charge is -2.21. The standard InChI is InChI=1S/C14H20BrNO2S.C7H7ClO2S/c15-13-6-8-14(9-7-13)19(17,18)16-11-10-12-4-2-1-3-5-12;1-6-2-4-7(5-3-6)11(8,9)10/h6-9,12,16H,1-5,10-11H2;2-5H,1H3. The van der Waals surface area contributed by atoms with E-state index < -0.39 is 19.1 Å². The van der Waals surface area contributed by atoms with E-state index in [1.54, 1.807) is 36.4 Å². The van der Waals surface area contributed by atoms with Gasteiger partial charge in [-0.2, -0.15) is 0 Å². The zero-order chi connectivity index (χ0) is 22.2. The summed E-state index contributed by atoms with van der Waals surface area (Å²) in [6, 6.07) is 13.1. The van der Waals surface area contributed by atoms with Gasteiger partial charge in [0.15, 0.2) is 0 Å². The van der Waals surface area contributed by atoms with Gasteiger partial charge in [0.2, 0.25) is 10.0 Å². The molecule has 2 aromatic rings. The van der Waals surface area contributed by atoms with Gasteiger partial charge >= 0.3 is 0 Å². The highest BCUT2D eigenvalue weighted by Gasteiger charge is 2.16. The number of hydrogen-bond acceptors (Lipinski definition) is 4. The van der Waals surface area contributed by atoms with E-state index in [2.05, 4.69) is 20.7 Å². The molecule has 2 aromatic carbocycles. The topological polar surface area (TPSA) is 80.3 Å². The van der Waals surface area contributed by atoms with Gasteiger partial charge < -0.3 is 0 Å². The summed E-state index contributed by atoms with van der Waals surface area (Å²) < 4.78 is 49.1. The average molecular weight is 537 g/mol. The van der Waals surface area contributed by atoms with Crippen LogP contribution in [0, 0.1) is 12.8 Å². The first-order valence-electron chi connectivity index (χ1n) is 9.84. The second kappa shape index (κ2) is 11.6. The molecule has 0 atom stereocenters. The molecule has 1 aliphatic carbocycles. The molecule has 0 aromatic heterocycles. The number of benzene rings is 2. The van der Waals surface area contributed by atoms with Gasteiger partial charge in [-0.25, -0.2) is 21.6 Å². The van der Waals surface area contributed by atoms with E-state index in [9.17, 15) is 16.8 Å². The molecular weight excluding hydrogens is 510 g/mol. The van der Waals surface area contributed by atoms with Crippen LogP contribution in [0.2, 0.25) is 0 Å². The van der Waals surface area contributed by atoms with Crippen molar-refractivity contribution in [2.45, 2.75) is 55.2 Å². The van der Waals surface area contributed by atoms with Crippen LogP contribution in [0.5, 0.6) is 0 Å². The van der Waals surface area contributed by atoms with E-state index in [1.807, 2.05) is 6.92 Å². The second-order valence-electron chi connectivity index (χ2n) is 7.40. The van der Waals surface area contributed by atoms with Crippen LogP contribution in [0.25, 0.3) is 0 Å². The average Bonchev–Trinajstić information content (AvgIpc) is 2.69. The Morgan fingerprint density at radius 2 is 1.43 bits per heavy atom. The number of sulfonamides is 1. The fourth-order valence-corrected chi connectivity index (χ4v) is 5.35. The highest BCUT2D eigenvalue weighted by atomic mass is 79.9. The molecule has 3 rings (SSSR count). The molecule has 1 N–H and O–H groups in total. The zero-order valence-corrected chi connectivity index (χ0v) is 20.8. The number of aryl methyl sites for hydroxylation is 1. The van der Waals surface area contributed by atoms with Gasteiger partial charge in [0, 0.05) is 21.7 Å². The van der Waals surface area contributed by atoms with E-state index in [-0.39, 0.29) is 4.90 Å². The van der Waals surface area contributed by atoms with Gasteiger partial charge in [-0.3, -0.25) is 0 Å². The Bertz CT molecular complexity index is 1000. The van der Waals surface area contributed by atoms with Crippen LogP contribution in [0.3, 0.4) is 0 Å². The largest absolute Gasteiger partial charge is 0.261 e. The van der Waals surface area contributed by atoms with Crippen LogP contribution in [-0.4, -0.2) is 23.4 Å². The van der Waals surface area contributed by atoms with Gasteiger partial charge in [0.25, 0.3) is 9.05 Å². The van der Waals surface area contributed by atoms with Crippen LogP contribution in [-0.2, 0) is 19.1 Å². The van der Waals surface area contributed by atoms with E-state index >= 15 is 0 Å². The first-order valence-corrected chi connectivity index (χ1v) is 14.4. The van der Waals surface area contributed by atoms with Crippen LogP contribution in [0.15, 0.2) is 62.8 Å². The Hall–Kier alpha value is -0.930. The lowest BCUT2D eigenvalue weighted by atomic mass is 9.87. The Balaban J connectivity index is 0.000000248. The molecular formula is C21H27BrClNO4S2. The Labute approximate surface area is 192 Å². The lowest BCUT2D eigenvalue weighted by molar-refractivity contribution is 0.339. The van der Waals surface area contributed by atoms with Gasteiger partial charge in [0.1, 0.15) is 0 Å². The van der Waals surface area contributed by atoms with E-state index in [0.29, 0.717) is 17.4 Å². The van der Waals surface area contributed by atoms with Crippen molar-refractivity contribution >= 4 is 45.7 Å². The summed E-state index contributed by atoms with van der Waals surface area (Å²) in [5.74, 6) is 0.696. The van der Waals surface area contributed by atoms with E-state index in [0.717, 1.165) is 16.5 Å². The number of nitrogens with one attached hydrogen (secondary N) is 1. The van der Waals surface area contributed by atoms with Crippen molar-refractivity contribution < 1.29 is 16.8 Å². The number of halogens is 2. The summed E-state index contributed by atoms with van der Waals surface area (Å²) >= 11 is 3.30. The molecule has 30 heavy (non-hydrogen) atoms. The molecule has 5 nitrogen and oxygen atoms in total. The predicted molar refractivity (Wildman–Crippen MR) is 125 cm³/mol. The normalized spacial score (nSPS) is 15.3. The minimum Gasteiger partial charge on any atom is -0.211 e. The summed E-state index contributed by atoms with van der Waals surface area (Å²) in [5.41, 5.74) is 1.01. The second-order valence-corrected chi connectivity index (χ2v) is 12.6. The summed E-state index contributed by atoms with van der Waals surface area (Å²) in [4.78, 5) is 0.476. The molecule has 0 saturated heterocycles. The van der Waals surface area contributed by atoms with Crippen molar-refractivity contribution in [3.05, 3.63) is 58.6 Å². The van der Waals surface area contributed by atoms with Gasteiger partial charge in [-0.05, 0) is 55.7 Å². The molecule has 0 unspecified atom stereocenters. The van der Waals surface area contributed by atoms with Crippen LogP contribution >= 0.6 is 26.6 Å². The third-order valence-electron chi connectivity index (χ3n) is 5.00. The minimum atomic E-state index is -3.55. The highest BCUT2D eigenvalue weighted by molar-refractivity contribution is 9.10. The third kappa shape index (κ3) is 8.67. The van der Waals surface area contributed by atoms with E-state index in [1.165, 1.54) is 44.2 Å². The molecule has 0 radical (unpaired) electrons. The van der Waals surface area contributed by atoms with Gasteiger partial charge in [0.05, 0.1) is 9.79 Å². The van der Waals surface area contributed by atoms with E-state index in [4.69, 9.17) is 10.7 Å². The molecule has 0 heterocycles. The molecule has 166 valence electrons. The van der Waals surface area contributed by atoms with Crippen molar-refractivity contribution in [2.75, 3.05) is 6.54 Å². The summed E-state index contributed by atoms with van der Waals surface area (Å²) in [5, 5.41) is 0. The number of hydrogen-bond donors (Lipinski definition) is 1. The lowest BCUT2D eigenvalue weighted by Crippen LogP contribution is -2.26. The predicted octanol–water partition coefficient (Wildman–Crippen LogP) is 5.62. The van der Waals surface area contributed by atoms with Crippen LogP contribution < -0.4 is 4.72 Å². The van der Waals surface area contributed by atoms with Crippen molar-refractivity contribution in [1.82, 2.24) is 4.72 Å². The molecule has 1 saturated carbocycles. The first-order chi connectivity index (χ1) is 14.1. The Morgan fingerprint density at radius 3 is 1.97 bits per heavy atom. The Morgan fingerprint density at radius 1 is 0.900 bits per heavy atom. The van der Waals surface area contributed by atoms with Crippen LogP contribution in [0.4, 0.5) is 0 Å². The van der Waals surface area contributed by atoms with Crippen molar-refractivity contribution in [3.63, 3.8) is 0 Å². The maximum Gasteiger partial charge on any atom is 0.261 e. The minimum absolute atomic E-state index is 0.143. The monoisotopic (exact) mass is 535 g/mol. The molecule has 1 fully saturated rings. The van der Waals surface area contributed by atoms with Crippen molar-refractivity contribution in [1.29, 1.82) is 0 Å². The number of rotatable bonds is 6. The molecule has 0 aliphatic heterocycles. The smallest absolute Gasteiger partial charge is 0.211 e. The summed E-state index contributed by atoms with van der Waals surface area (Å²) in [6.45, 7) is 2.42. The summed E-state index contributed by atoms with van der Waals surface area (Å²) in [7, 11) is -1.81. The highest BCUT2D eigenvalue weighted by Crippen LogP contribution is 2.26. The third-order valence-corrected chi connectivity index (χ3v) is 8.37.